The lowest BCUT2D eigenvalue weighted by Gasteiger charge is -2.32. The highest BCUT2D eigenvalue weighted by molar-refractivity contribution is 7.89. The summed E-state index contributed by atoms with van der Waals surface area (Å²) in [5.41, 5.74) is 6.74. The third-order valence-electron chi connectivity index (χ3n) is 4.30. The summed E-state index contributed by atoms with van der Waals surface area (Å²) in [5.74, 6) is 1.00. The number of benzene rings is 1. The van der Waals surface area contributed by atoms with Gasteiger partial charge in [0.05, 0.1) is 15.6 Å². The molecule has 1 fully saturated rings. The van der Waals surface area contributed by atoms with Gasteiger partial charge in [0, 0.05) is 6.04 Å². The summed E-state index contributed by atoms with van der Waals surface area (Å²) in [6.45, 7) is 6.07. The Bertz CT molecular complexity index is 608. The van der Waals surface area contributed by atoms with Crippen molar-refractivity contribution in [2.75, 3.05) is 5.73 Å². The van der Waals surface area contributed by atoms with Crippen LogP contribution in [-0.4, -0.2) is 14.5 Å². The summed E-state index contributed by atoms with van der Waals surface area (Å²) in [6, 6.07) is 2.98. The van der Waals surface area contributed by atoms with Crippen LogP contribution < -0.4 is 10.5 Å². The molecule has 118 valence electrons. The Kier molecular flexibility index (Phi) is 4.85. The summed E-state index contributed by atoms with van der Waals surface area (Å²) in [5, 5.41) is 0.411. The lowest BCUT2D eigenvalue weighted by molar-refractivity contribution is 0.249. The zero-order valence-corrected chi connectivity index (χ0v) is 14.3. The van der Waals surface area contributed by atoms with Crippen LogP contribution in [0.25, 0.3) is 0 Å². The second-order valence-corrected chi connectivity index (χ2v) is 8.36. The van der Waals surface area contributed by atoms with Crippen molar-refractivity contribution in [2.24, 2.45) is 11.8 Å². The average Bonchev–Trinajstić information content (AvgIpc) is 2.38. The normalized spacial score (nSPS) is 26.8. The SMILES string of the molecule is Cc1cc(S(=O)(=O)NC2CCC(C)CC2C)cc(N)c1Cl. The quantitative estimate of drug-likeness (QED) is 0.835. The molecule has 3 unspecified atom stereocenters. The molecule has 0 aliphatic heterocycles. The van der Waals surface area contributed by atoms with Gasteiger partial charge in [-0.25, -0.2) is 13.1 Å². The van der Waals surface area contributed by atoms with Crippen molar-refractivity contribution in [1.82, 2.24) is 4.72 Å². The maximum Gasteiger partial charge on any atom is 0.240 e. The van der Waals surface area contributed by atoms with Crippen molar-refractivity contribution in [3.63, 3.8) is 0 Å². The van der Waals surface area contributed by atoms with E-state index in [0.717, 1.165) is 19.3 Å². The lowest BCUT2D eigenvalue weighted by atomic mass is 9.80. The van der Waals surface area contributed by atoms with Gasteiger partial charge in [-0.05, 0) is 55.7 Å². The number of nitrogen functional groups attached to an aromatic ring is 1. The number of nitrogens with one attached hydrogen (secondary N) is 1. The molecule has 1 aliphatic rings. The Morgan fingerprint density at radius 2 is 1.95 bits per heavy atom. The topological polar surface area (TPSA) is 72.2 Å². The van der Waals surface area contributed by atoms with Crippen LogP contribution in [-0.2, 0) is 10.0 Å². The first-order chi connectivity index (χ1) is 9.70. The molecule has 0 bridgehead atoms. The summed E-state index contributed by atoms with van der Waals surface area (Å²) in [4.78, 5) is 0.188. The number of aryl methyl sites for hydroxylation is 1. The van der Waals surface area contributed by atoms with E-state index in [2.05, 4.69) is 18.6 Å². The van der Waals surface area contributed by atoms with Crippen molar-refractivity contribution in [1.29, 1.82) is 0 Å². The fourth-order valence-electron chi connectivity index (χ4n) is 3.03. The molecule has 3 atom stereocenters. The van der Waals surface area contributed by atoms with Gasteiger partial charge in [-0.2, -0.15) is 0 Å². The van der Waals surface area contributed by atoms with Gasteiger partial charge in [-0.1, -0.05) is 25.4 Å². The fraction of sp³-hybridized carbons (Fsp3) is 0.600. The third-order valence-corrected chi connectivity index (χ3v) is 6.29. The highest BCUT2D eigenvalue weighted by Gasteiger charge is 2.29. The Morgan fingerprint density at radius 1 is 1.29 bits per heavy atom. The molecule has 0 radical (unpaired) electrons. The number of halogens is 1. The van der Waals surface area contributed by atoms with Gasteiger partial charge >= 0.3 is 0 Å². The molecular formula is C15H23ClN2O2S. The number of sulfonamides is 1. The number of hydrogen-bond acceptors (Lipinski definition) is 3. The van der Waals surface area contributed by atoms with E-state index in [9.17, 15) is 8.42 Å². The van der Waals surface area contributed by atoms with Crippen molar-refractivity contribution < 1.29 is 8.42 Å². The van der Waals surface area contributed by atoms with Gasteiger partial charge in [0.25, 0.3) is 0 Å². The van der Waals surface area contributed by atoms with Crippen LogP contribution in [0.1, 0.15) is 38.7 Å². The molecule has 0 amide bonds. The van der Waals surface area contributed by atoms with Crippen molar-refractivity contribution in [3.05, 3.63) is 22.7 Å². The average molecular weight is 331 g/mol. The predicted octanol–water partition coefficient (Wildman–Crippen LogP) is 3.33. The van der Waals surface area contributed by atoms with Crippen LogP contribution in [0, 0.1) is 18.8 Å². The minimum Gasteiger partial charge on any atom is -0.397 e. The molecule has 21 heavy (non-hydrogen) atoms. The molecule has 1 aromatic carbocycles. The monoisotopic (exact) mass is 330 g/mol. The van der Waals surface area contributed by atoms with Gasteiger partial charge in [0.1, 0.15) is 0 Å². The Balaban J connectivity index is 2.23. The zero-order valence-electron chi connectivity index (χ0n) is 12.7. The van der Waals surface area contributed by atoms with E-state index in [1.54, 1.807) is 13.0 Å². The largest absolute Gasteiger partial charge is 0.397 e. The van der Waals surface area contributed by atoms with E-state index < -0.39 is 10.0 Å². The van der Waals surface area contributed by atoms with Crippen LogP contribution in [0.2, 0.25) is 5.02 Å². The van der Waals surface area contributed by atoms with Crippen LogP contribution in [0.5, 0.6) is 0 Å². The number of anilines is 1. The minimum absolute atomic E-state index is 0.0107. The Morgan fingerprint density at radius 3 is 2.52 bits per heavy atom. The molecule has 3 N–H and O–H groups in total. The Labute approximate surface area is 132 Å². The molecule has 0 saturated heterocycles. The molecule has 0 spiro atoms. The van der Waals surface area contributed by atoms with Crippen molar-refractivity contribution in [2.45, 2.75) is 51.0 Å². The number of nitrogens with two attached hydrogens (primary N) is 1. The summed E-state index contributed by atoms with van der Waals surface area (Å²) >= 11 is 5.99. The Hall–Kier alpha value is -0.780. The highest BCUT2D eigenvalue weighted by Crippen LogP contribution is 2.31. The van der Waals surface area contributed by atoms with Gasteiger partial charge in [-0.3, -0.25) is 0 Å². The van der Waals surface area contributed by atoms with E-state index >= 15 is 0 Å². The van der Waals surface area contributed by atoms with Crippen molar-refractivity contribution in [3.8, 4) is 0 Å². The first-order valence-corrected chi connectivity index (χ1v) is 9.14. The smallest absolute Gasteiger partial charge is 0.240 e. The molecule has 0 aromatic heterocycles. The van der Waals surface area contributed by atoms with Crippen LogP contribution >= 0.6 is 11.6 Å². The van der Waals surface area contributed by atoms with Gasteiger partial charge in [-0.15, -0.1) is 0 Å². The molecule has 1 aliphatic carbocycles. The van der Waals surface area contributed by atoms with Gasteiger partial charge in [0.15, 0.2) is 0 Å². The van der Waals surface area contributed by atoms with Crippen molar-refractivity contribution >= 4 is 27.3 Å². The maximum absolute atomic E-state index is 12.5. The van der Waals surface area contributed by atoms with E-state index in [4.69, 9.17) is 17.3 Å². The highest BCUT2D eigenvalue weighted by atomic mass is 35.5. The molecule has 1 aromatic rings. The number of rotatable bonds is 3. The fourth-order valence-corrected chi connectivity index (χ4v) is 4.63. The predicted molar refractivity (Wildman–Crippen MR) is 86.9 cm³/mol. The second-order valence-electron chi connectivity index (χ2n) is 6.27. The van der Waals surface area contributed by atoms with E-state index in [1.807, 2.05) is 0 Å². The second kappa shape index (κ2) is 6.15. The summed E-state index contributed by atoms with van der Waals surface area (Å²) in [6.07, 6.45) is 2.98. The van der Waals surface area contributed by atoms with E-state index in [1.165, 1.54) is 6.07 Å². The van der Waals surface area contributed by atoms with E-state index in [-0.39, 0.29) is 10.9 Å². The molecule has 1 saturated carbocycles. The molecule has 0 heterocycles. The van der Waals surface area contributed by atoms with Gasteiger partial charge < -0.3 is 5.73 Å². The molecular weight excluding hydrogens is 308 g/mol. The summed E-state index contributed by atoms with van der Waals surface area (Å²) < 4.78 is 27.9. The third kappa shape index (κ3) is 3.71. The van der Waals surface area contributed by atoms with Crippen LogP contribution in [0.15, 0.2) is 17.0 Å². The number of hydrogen-bond donors (Lipinski definition) is 2. The van der Waals surface area contributed by atoms with Crippen LogP contribution in [0.4, 0.5) is 5.69 Å². The maximum atomic E-state index is 12.5. The first-order valence-electron chi connectivity index (χ1n) is 7.28. The molecule has 6 heteroatoms. The summed E-state index contributed by atoms with van der Waals surface area (Å²) in [7, 11) is -3.56. The minimum atomic E-state index is -3.56. The van der Waals surface area contributed by atoms with E-state index in [0.29, 0.717) is 28.1 Å². The van der Waals surface area contributed by atoms with Gasteiger partial charge in [0.2, 0.25) is 10.0 Å². The molecule has 2 rings (SSSR count). The van der Waals surface area contributed by atoms with Crippen LogP contribution in [0.3, 0.4) is 0 Å². The standard InChI is InChI=1S/C15H23ClN2O2S/c1-9-4-5-14(10(2)6-9)18-21(19,20)12-7-11(3)15(16)13(17)8-12/h7-10,14,18H,4-6,17H2,1-3H3. The zero-order chi connectivity index (χ0) is 15.8. The lowest BCUT2D eigenvalue weighted by Crippen LogP contribution is -2.42. The first kappa shape index (κ1) is 16.6. The molecule has 4 nitrogen and oxygen atoms in total.